The second kappa shape index (κ2) is 9.78. The van der Waals surface area contributed by atoms with Crippen molar-refractivity contribution in [2.24, 2.45) is 5.92 Å². The largest absolute Gasteiger partial charge is 0.491 e. The van der Waals surface area contributed by atoms with Crippen molar-refractivity contribution >= 4 is 17.3 Å². The smallest absolute Gasteiger partial charge is 0.255 e. The topological polar surface area (TPSA) is 96.6 Å². The second-order valence-corrected chi connectivity index (χ2v) is 8.03. The third-order valence-electron chi connectivity index (χ3n) is 5.21. The number of nitrogens with one attached hydrogen (secondary N) is 2. The second-order valence-electron chi connectivity index (χ2n) is 8.03. The van der Waals surface area contributed by atoms with Gasteiger partial charge in [0.05, 0.1) is 18.9 Å². The van der Waals surface area contributed by atoms with E-state index in [2.05, 4.69) is 37.1 Å². The molecule has 160 valence electrons. The van der Waals surface area contributed by atoms with Crippen LogP contribution in [0.15, 0.2) is 43.0 Å². The number of hydrogen-bond donors (Lipinski definition) is 4. The van der Waals surface area contributed by atoms with E-state index >= 15 is 0 Å². The van der Waals surface area contributed by atoms with E-state index in [1.54, 1.807) is 18.2 Å². The number of carbonyl (C=O) groups excluding carboxylic acids is 1. The molecule has 0 heterocycles. The fraction of sp³-hybridized carbons (Fsp3) is 0.375. The summed E-state index contributed by atoms with van der Waals surface area (Å²) in [5.74, 6) is 0.718. The van der Waals surface area contributed by atoms with Crippen LogP contribution < -0.4 is 21.1 Å². The van der Waals surface area contributed by atoms with Gasteiger partial charge in [0.1, 0.15) is 5.75 Å². The highest BCUT2D eigenvalue weighted by atomic mass is 16.5. The van der Waals surface area contributed by atoms with Gasteiger partial charge >= 0.3 is 0 Å². The van der Waals surface area contributed by atoms with Crippen molar-refractivity contribution in [3.63, 3.8) is 0 Å². The number of ether oxygens (including phenoxy) is 1. The van der Waals surface area contributed by atoms with Crippen LogP contribution in [0.25, 0.3) is 5.70 Å². The van der Waals surface area contributed by atoms with E-state index < -0.39 is 0 Å². The summed E-state index contributed by atoms with van der Waals surface area (Å²) in [7, 11) is 0. The van der Waals surface area contributed by atoms with Crippen molar-refractivity contribution in [1.29, 1.82) is 0 Å². The number of rotatable bonds is 9. The summed E-state index contributed by atoms with van der Waals surface area (Å²) in [5.41, 5.74) is 10.9. The zero-order valence-electron chi connectivity index (χ0n) is 17.7. The summed E-state index contributed by atoms with van der Waals surface area (Å²) in [4.78, 5) is 12.8. The van der Waals surface area contributed by atoms with E-state index in [0.717, 1.165) is 18.4 Å². The monoisotopic (exact) mass is 409 g/mol. The number of aliphatic hydroxyl groups excluding tert-OH is 1. The first-order chi connectivity index (χ1) is 14.4. The first-order valence-corrected chi connectivity index (χ1v) is 10.4. The lowest BCUT2D eigenvalue weighted by Crippen LogP contribution is -2.23. The van der Waals surface area contributed by atoms with E-state index in [-0.39, 0.29) is 18.6 Å². The molecule has 0 saturated heterocycles. The maximum Gasteiger partial charge on any atom is 0.255 e. The summed E-state index contributed by atoms with van der Waals surface area (Å²) in [5, 5.41) is 15.3. The Labute approximate surface area is 178 Å². The fourth-order valence-electron chi connectivity index (χ4n) is 3.74. The average molecular weight is 410 g/mol. The van der Waals surface area contributed by atoms with Gasteiger partial charge < -0.3 is 26.2 Å². The van der Waals surface area contributed by atoms with Gasteiger partial charge in [0, 0.05) is 29.4 Å². The van der Waals surface area contributed by atoms with E-state index in [1.807, 2.05) is 12.1 Å². The Hall–Kier alpha value is -2.83. The van der Waals surface area contributed by atoms with Gasteiger partial charge in [-0.15, -0.1) is 0 Å². The lowest BCUT2D eigenvalue weighted by molar-refractivity contribution is 0.0974. The number of nitrogen functional groups attached to an aromatic ring is 1. The van der Waals surface area contributed by atoms with Gasteiger partial charge in [0.15, 0.2) is 0 Å². The van der Waals surface area contributed by atoms with Crippen molar-refractivity contribution in [2.45, 2.75) is 32.7 Å². The van der Waals surface area contributed by atoms with E-state index in [1.165, 1.54) is 11.1 Å². The summed E-state index contributed by atoms with van der Waals surface area (Å²) in [6.45, 7) is 9.46. The van der Waals surface area contributed by atoms with E-state index in [0.29, 0.717) is 41.8 Å². The van der Waals surface area contributed by atoms with Crippen LogP contribution in [-0.2, 0) is 6.42 Å². The molecule has 0 fully saturated rings. The highest BCUT2D eigenvalue weighted by Crippen LogP contribution is 2.35. The van der Waals surface area contributed by atoms with Gasteiger partial charge in [0.25, 0.3) is 5.91 Å². The van der Waals surface area contributed by atoms with Gasteiger partial charge in [0.2, 0.25) is 0 Å². The number of carbonyl (C=O) groups is 1. The van der Waals surface area contributed by atoms with Crippen LogP contribution in [-0.4, -0.2) is 30.8 Å². The van der Waals surface area contributed by atoms with Crippen molar-refractivity contribution in [2.75, 3.05) is 25.5 Å². The van der Waals surface area contributed by atoms with Gasteiger partial charge in [-0.2, -0.15) is 0 Å². The van der Waals surface area contributed by atoms with E-state index in [9.17, 15) is 4.79 Å². The highest BCUT2D eigenvalue weighted by molar-refractivity contribution is 6.00. The highest BCUT2D eigenvalue weighted by Gasteiger charge is 2.25. The third kappa shape index (κ3) is 5.01. The predicted octanol–water partition coefficient (Wildman–Crippen LogP) is 3.27. The molecule has 5 N–H and O–H groups in total. The van der Waals surface area contributed by atoms with Gasteiger partial charge in [-0.25, -0.2) is 0 Å². The van der Waals surface area contributed by atoms with Crippen molar-refractivity contribution < 1.29 is 14.6 Å². The zero-order chi connectivity index (χ0) is 21.7. The number of benzene rings is 2. The summed E-state index contributed by atoms with van der Waals surface area (Å²) in [6, 6.07) is 11.3. The SMILES string of the molecule is C=C(NC(=O)c1ccc(OCC(C)C)c(N)c1)c1cccc2c1CCC2NCCO. The van der Waals surface area contributed by atoms with Crippen LogP contribution in [0.2, 0.25) is 0 Å². The quantitative estimate of drug-likeness (QED) is 0.477. The summed E-state index contributed by atoms with van der Waals surface area (Å²) < 4.78 is 5.68. The Kier molecular flexibility index (Phi) is 7.13. The van der Waals surface area contributed by atoms with Crippen LogP contribution in [0.5, 0.6) is 5.75 Å². The van der Waals surface area contributed by atoms with Crippen LogP contribution in [0.4, 0.5) is 5.69 Å². The molecule has 1 aliphatic carbocycles. The van der Waals surface area contributed by atoms with E-state index in [4.69, 9.17) is 15.6 Å². The molecule has 1 aliphatic rings. The number of nitrogens with two attached hydrogens (primary N) is 1. The average Bonchev–Trinajstić information content (AvgIpc) is 3.14. The lowest BCUT2D eigenvalue weighted by atomic mass is 10.00. The molecule has 1 amide bonds. The van der Waals surface area contributed by atoms with Crippen molar-refractivity contribution in [1.82, 2.24) is 10.6 Å². The molecular formula is C24H31N3O3. The summed E-state index contributed by atoms with van der Waals surface area (Å²) >= 11 is 0. The normalized spacial score (nSPS) is 15.1. The Balaban J connectivity index is 1.70. The molecule has 0 saturated carbocycles. The number of aliphatic hydroxyl groups is 1. The van der Waals surface area contributed by atoms with Crippen LogP contribution >= 0.6 is 0 Å². The molecule has 2 aromatic rings. The van der Waals surface area contributed by atoms with Crippen molar-refractivity contribution in [3.05, 3.63) is 65.2 Å². The molecule has 1 unspecified atom stereocenters. The molecular weight excluding hydrogens is 378 g/mol. The number of amides is 1. The molecule has 30 heavy (non-hydrogen) atoms. The first kappa shape index (κ1) is 21.9. The molecule has 2 aromatic carbocycles. The maximum absolute atomic E-state index is 12.8. The first-order valence-electron chi connectivity index (χ1n) is 10.4. The molecule has 0 radical (unpaired) electrons. The zero-order valence-corrected chi connectivity index (χ0v) is 17.7. The third-order valence-corrected chi connectivity index (χ3v) is 5.21. The molecule has 3 rings (SSSR count). The predicted molar refractivity (Wildman–Crippen MR) is 120 cm³/mol. The van der Waals surface area contributed by atoms with Crippen molar-refractivity contribution in [3.8, 4) is 5.75 Å². The molecule has 6 nitrogen and oxygen atoms in total. The lowest BCUT2D eigenvalue weighted by Gasteiger charge is -2.16. The number of hydrogen-bond acceptors (Lipinski definition) is 5. The molecule has 0 bridgehead atoms. The van der Waals surface area contributed by atoms with Crippen LogP contribution in [0.3, 0.4) is 0 Å². The Morgan fingerprint density at radius 1 is 1.33 bits per heavy atom. The molecule has 6 heteroatoms. The summed E-state index contributed by atoms with van der Waals surface area (Å²) in [6.07, 6.45) is 1.86. The molecule has 1 atom stereocenters. The minimum absolute atomic E-state index is 0.110. The maximum atomic E-state index is 12.8. The minimum Gasteiger partial charge on any atom is -0.491 e. The standard InChI is InChI=1S/C24H31N3O3/c1-15(2)14-30-23-10-7-17(13-21(23)25)24(29)27-16(3)18-5-4-6-20-19(18)8-9-22(20)26-11-12-28/h4-7,10,13,15,22,26,28H,3,8-9,11-12,14,25H2,1-2H3,(H,27,29). The fourth-order valence-corrected chi connectivity index (χ4v) is 3.74. The van der Waals surface area contributed by atoms with Crippen LogP contribution in [0.1, 0.15) is 53.4 Å². The van der Waals surface area contributed by atoms with Gasteiger partial charge in [-0.1, -0.05) is 38.6 Å². The van der Waals surface area contributed by atoms with Gasteiger partial charge in [-0.05, 0) is 48.1 Å². The molecule has 0 spiro atoms. The minimum atomic E-state index is -0.257. The number of fused-ring (bicyclic) bond motifs is 1. The Morgan fingerprint density at radius 2 is 2.13 bits per heavy atom. The van der Waals surface area contributed by atoms with Gasteiger partial charge in [-0.3, -0.25) is 4.79 Å². The Bertz CT molecular complexity index is 924. The van der Waals surface area contributed by atoms with Crippen LogP contribution in [0, 0.1) is 5.92 Å². The Morgan fingerprint density at radius 3 is 2.83 bits per heavy atom. The molecule has 0 aromatic heterocycles. The molecule has 0 aliphatic heterocycles. The number of anilines is 1.